The molecule has 0 aliphatic rings. The summed E-state index contributed by atoms with van der Waals surface area (Å²) in [7, 11) is 1.34. The lowest BCUT2D eigenvalue weighted by molar-refractivity contribution is 0.0600. The Labute approximate surface area is 97.7 Å². The number of nitrogens with one attached hydrogen (secondary N) is 1. The minimum Gasteiger partial charge on any atom is -0.465 e. The van der Waals surface area contributed by atoms with Crippen molar-refractivity contribution in [1.29, 1.82) is 0 Å². The molecule has 4 nitrogen and oxygen atoms in total. The van der Waals surface area contributed by atoms with E-state index in [1.807, 2.05) is 22.9 Å². The third-order valence-corrected chi connectivity index (χ3v) is 2.27. The number of nitrogens with zero attached hydrogens (tertiary/aromatic N) is 1. The molecule has 0 atom stereocenters. The van der Waals surface area contributed by atoms with Crippen LogP contribution in [0.5, 0.6) is 0 Å². The maximum absolute atomic E-state index is 11.1. The zero-order valence-corrected chi connectivity index (χ0v) is 10.4. The number of methoxy groups -OCH3 is 1. The SMILES string of the molecule is COC(=O)c1cc(Br)nc(NI)c1. The third kappa shape index (κ3) is 2.80. The summed E-state index contributed by atoms with van der Waals surface area (Å²) in [4.78, 5) is 15.2. The third-order valence-electron chi connectivity index (χ3n) is 1.31. The quantitative estimate of drug-likeness (QED) is 0.382. The lowest BCUT2D eigenvalue weighted by Crippen LogP contribution is -2.02. The molecule has 0 spiro atoms. The zero-order valence-electron chi connectivity index (χ0n) is 6.67. The Hall–Kier alpha value is -0.370. The second-order valence-corrected chi connectivity index (χ2v) is 3.50. The molecule has 0 saturated carbocycles. The van der Waals surface area contributed by atoms with Gasteiger partial charge in [-0.1, -0.05) is 0 Å². The van der Waals surface area contributed by atoms with Gasteiger partial charge >= 0.3 is 5.97 Å². The van der Waals surface area contributed by atoms with Gasteiger partial charge in [0, 0.05) is 0 Å². The van der Waals surface area contributed by atoms with Crippen LogP contribution in [0.2, 0.25) is 0 Å². The van der Waals surface area contributed by atoms with Gasteiger partial charge in [0.2, 0.25) is 0 Å². The van der Waals surface area contributed by atoms with Gasteiger partial charge in [-0.2, -0.15) is 0 Å². The number of carbonyl (C=O) groups excluding carboxylic acids is 1. The number of aromatic nitrogens is 1. The predicted molar refractivity (Wildman–Crippen MR) is 60.9 cm³/mol. The molecule has 70 valence electrons. The van der Waals surface area contributed by atoms with Crippen molar-refractivity contribution in [2.45, 2.75) is 0 Å². The second kappa shape index (κ2) is 4.75. The highest BCUT2D eigenvalue weighted by molar-refractivity contribution is 14.1. The summed E-state index contributed by atoms with van der Waals surface area (Å²) in [5.41, 5.74) is 0.462. The Morgan fingerprint density at radius 3 is 2.92 bits per heavy atom. The number of esters is 1. The second-order valence-electron chi connectivity index (χ2n) is 2.15. The minimum atomic E-state index is -0.379. The highest BCUT2D eigenvalue weighted by Crippen LogP contribution is 2.16. The number of anilines is 1. The van der Waals surface area contributed by atoms with Crippen LogP contribution in [0.25, 0.3) is 0 Å². The van der Waals surface area contributed by atoms with Crippen molar-refractivity contribution in [2.24, 2.45) is 0 Å². The van der Waals surface area contributed by atoms with Crippen LogP contribution < -0.4 is 3.53 Å². The largest absolute Gasteiger partial charge is 0.465 e. The van der Waals surface area contributed by atoms with Crippen molar-refractivity contribution in [3.63, 3.8) is 0 Å². The number of hydrogen-bond acceptors (Lipinski definition) is 4. The van der Waals surface area contributed by atoms with Crippen LogP contribution in [0.4, 0.5) is 5.82 Å². The van der Waals surface area contributed by atoms with Crippen molar-refractivity contribution in [2.75, 3.05) is 10.6 Å². The fourth-order valence-corrected chi connectivity index (χ4v) is 1.49. The van der Waals surface area contributed by atoms with E-state index in [-0.39, 0.29) is 5.97 Å². The molecular weight excluding hydrogens is 351 g/mol. The van der Waals surface area contributed by atoms with Crippen LogP contribution in [-0.2, 0) is 4.74 Å². The molecule has 0 aliphatic heterocycles. The number of halogens is 2. The summed E-state index contributed by atoms with van der Waals surface area (Å²) in [6.45, 7) is 0. The summed E-state index contributed by atoms with van der Waals surface area (Å²) in [5, 5.41) is 0. The minimum absolute atomic E-state index is 0.379. The summed E-state index contributed by atoms with van der Waals surface area (Å²) in [6.07, 6.45) is 0. The van der Waals surface area contributed by atoms with E-state index in [0.29, 0.717) is 16.0 Å². The summed E-state index contributed by atoms with van der Waals surface area (Å²) >= 11 is 5.13. The lowest BCUT2D eigenvalue weighted by Gasteiger charge is -2.02. The van der Waals surface area contributed by atoms with E-state index >= 15 is 0 Å². The smallest absolute Gasteiger partial charge is 0.338 e. The lowest BCUT2D eigenvalue weighted by atomic mass is 10.3. The molecule has 0 radical (unpaired) electrons. The van der Waals surface area contributed by atoms with Gasteiger partial charge in [0.05, 0.1) is 35.5 Å². The van der Waals surface area contributed by atoms with Crippen LogP contribution in [0, 0.1) is 0 Å². The van der Waals surface area contributed by atoms with Crippen molar-refractivity contribution >= 4 is 50.6 Å². The van der Waals surface area contributed by atoms with E-state index in [1.54, 1.807) is 12.1 Å². The first-order valence-corrected chi connectivity index (χ1v) is 5.17. The molecule has 0 amide bonds. The van der Waals surface area contributed by atoms with Crippen molar-refractivity contribution in [1.82, 2.24) is 4.98 Å². The molecule has 0 unspecified atom stereocenters. The Bertz CT molecular complexity index is 332. The Morgan fingerprint density at radius 1 is 1.69 bits per heavy atom. The molecule has 1 heterocycles. The van der Waals surface area contributed by atoms with Crippen molar-refractivity contribution in [3.05, 3.63) is 22.3 Å². The van der Waals surface area contributed by atoms with E-state index in [1.165, 1.54) is 7.11 Å². The summed E-state index contributed by atoms with van der Waals surface area (Å²) in [6, 6.07) is 3.21. The standard InChI is InChI=1S/C7H6BrIN2O2/c1-13-7(12)4-2-5(8)10-6(3-4)11-9/h2-3H,1H3,(H,10,11). The van der Waals surface area contributed by atoms with E-state index < -0.39 is 0 Å². The van der Waals surface area contributed by atoms with Gasteiger partial charge in [-0.05, 0) is 28.1 Å². The first kappa shape index (κ1) is 10.7. The first-order chi connectivity index (χ1) is 6.17. The first-order valence-electron chi connectivity index (χ1n) is 3.30. The van der Waals surface area contributed by atoms with Crippen LogP contribution >= 0.6 is 38.8 Å². The Kier molecular flexibility index (Phi) is 3.91. The fourth-order valence-electron chi connectivity index (χ4n) is 0.781. The topological polar surface area (TPSA) is 51.2 Å². The maximum atomic E-state index is 11.1. The van der Waals surface area contributed by atoms with Gasteiger partial charge in [-0.15, -0.1) is 0 Å². The molecule has 0 aliphatic carbocycles. The normalized spacial score (nSPS) is 9.46. The molecule has 1 N–H and O–H groups in total. The van der Waals surface area contributed by atoms with Gasteiger partial charge in [-0.25, -0.2) is 9.78 Å². The zero-order chi connectivity index (χ0) is 9.84. The van der Waals surface area contributed by atoms with Crippen LogP contribution in [0.3, 0.4) is 0 Å². The highest BCUT2D eigenvalue weighted by atomic mass is 127. The molecule has 0 bridgehead atoms. The molecular formula is C7H6BrIN2O2. The molecule has 0 aromatic carbocycles. The van der Waals surface area contributed by atoms with Gasteiger partial charge in [0.1, 0.15) is 10.4 Å². The number of rotatable bonds is 2. The van der Waals surface area contributed by atoms with Crippen LogP contribution in [-0.4, -0.2) is 18.1 Å². The number of carbonyl (C=O) groups is 1. The van der Waals surface area contributed by atoms with Crippen LogP contribution in [0.1, 0.15) is 10.4 Å². The average molecular weight is 357 g/mol. The van der Waals surface area contributed by atoms with Gasteiger partial charge in [0.25, 0.3) is 0 Å². The van der Waals surface area contributed by atoms with Crippen LogP contribution in [0.15, 0.2) is 16.7 Å². The summed E-state index contributed by atoms with van der Waals surface area (Å²) in [5.74, 6) is 0.228. The van der Waals surface area contributed by atoms with Gasteiger partial charge < -0.3 is 8.27 Å². The fraction of sp³-hybridized carbons (Fsp3) is 0.143. The molecule has 13 heavy (non-hydrogen) atoms. The van der Waals surface area contributed by atoms with Gasteiger partial charge in [-0.3, -0.25) is 0 Å². The van der Waals surface area contributed by atoms with Crippen molar-refractivity contribution in [3.8, 4) is 0 Å². The molecule has 1 aromatic heterocycles. The van der Waals surface area contributed by atoms with Crippen molar-refractivity contribution < 1.29 is 9.53 Å². The van der Waals surface area contributed by atoms with Gasteiger partial charge in [0.15, 0.2) is 0 Å². The average Bonchev–Trinajstić information content (AvgIpc) is 2.15. The number of pyridine rings is 1. The van der Waals surface area contributed by atoms with E-state index in [9.17, 15) is 4.79 Å². The monoisotopic (exact) mass is 356 g/mol. The maximum Gasteiger partial charge on any atom is 0.338 e. The molecule has 0 fully saturated rings. The van der Waals surface area contributed by atoms with E-state index in [0.717, 1.165) is 0 Å². The van der Waals surface area contributed by atoms with E-state index in [2.05, 4.69) is 29.2 Å². The molecule has 6 heteroatoms. The summed E-state index contributed by atoms with van der Waals surface area (Å²) < 4.78 is 7.97. The molecule has 1 rings (SSSR count). The number of hydrogen-bond donors (Lipinski definition) is 1. The highest BCUT2D eigenvalue weighted by Gasteiger charge is 2.08. The molecule has 0 saturated heterocycles. The predicted octanol–water partition coefficient (Wildman–Crippen LogP) is 2.39. The van der Waals surface area contributed by atoms with E-state index in [4.69, 9.17) is 0 Å². The Morgan fingerprint density at radius 2 is 2.38 bits per heavy atom. The molecule has 1 aromatic rings. The Balaban J connectivity index is 3.08. The number of ether oxygens (including phenoxy) is 1.